The molecule has 6 atom stereocenters. The number of allylic oxidation sites excluding steroid dienone is 2. The minimum Gasteiger partial charge on any atom is -0.393 e. The molecule has 0 aromatic heterocycles. The summed E-state index contributed by atoms with van der Waals surface area (Å²) in [5.41, 5.74) is 0. The van der Waals surface area contributed by atoms with Crippen molar-refractivity contribution in [3.8, 4) is 0 Å². The van der Waals surface area contributed by atoms with Crippen LogP contribution < -0.4 is 0 Å². The molecule has 5 rings (SSSR count). The molecule has 0 spiro atoms. The van der Waals surface area contributed by atoms with Gasteiger partial charge in [0.1, 0.15) is 0 Å². The second-order valence-electron chi connectivity index (χ2n) is 5.90. The van der Waals surface area contributed by atoms with Crippen LogP contribution in [0, 0.1) is 41.4 Å². The zero-order chi connectivity index (χ0) is 13.3. The van der Waals surface area contributed by atoms with E-state index < -0.39 is 0 Å². The second-order valence-corrected chi connectivity index (χ2v) is 5.90. The molecule has 3 fully saturated rings. The first-order chi connectivity index (χ1) is 9.19. The predicted molar refractivity (Wildman–Crippen MR) is 62.5 cm³/mol. The largest absolute Gasteiger partial charge is 0.393 e. The SMILES string of the molecule is COC(OC)C1[C@@H]2[C@@H]3C=C[C@H]([C@H]4C(=O)OC(=O)[C@H]34)[C@@H]12. The fraction of sp³-hybridized carbons (Fsp3) is 0.714. The molecule has 19 heavy (non-hydrogen) atoms. The summed E-state index contributed by atoms with van der Waals surface area (Å²) in [4.78, 5) is 23.7. The minimum absolute atomic E-state index is 0.108. The topological polar surface area (TPSA) is 61.8 Å². The van der Waals surface area contributed by atoms with Gasteiger partial charge in [0.2, 0.25) is 0 Å². The third-order valence-electron chi connectivity index (χ3n) is 5.38. The van der Waals surface area contributed by atoms with Crippen molar-refractivity contribution in [2.75, 3.05) is 14.2 Å². The fourth-order valence-electron chi connectivity index (χ4n) is 4.74. The smallest absolute Gasteiger partial charge is 0.318 e. The van der Waals surface area contributed by atoms with Crippen LogP contribution in [0.25, 0.3) is 0 Å². The standard InChI is InChI=1S/C14H16O5/c1-17-14(18-2)11-7-5-3-4-6(8(7)11)10-9(5)12(15)19-13(10)16/h3-11,14H,1-2H3/t5-,6-,7+,8+,9+,10+/m0/s1. The van der Waals surface area contributed by atoms with Gasteiger partial charge in [0.05, 0.1) is 11.8 Å². The molecule has 0 amide bonds. The Labute approximate surface area is 110 Å². The molecule has 5 nitrogen and oxygen atoms in total. The highest BCUT2D eigenvalue weighted by Gasteiger charge is 2.72. The van der Waals surface area contributed by atoms with Gasteiger partial charge in [-0.3, -0.25) is 9.59 Å². The Morgan fingerprint density at radius 1 is 1.00 bits per heavy atom. The Bertz CT molecular complexity index is 444. The van der Waals surface area contributed by atoms with Crippen molar-refractivity contribution in [3.05, 3.63) is 12.2 Å². The third-order valence-corrected chi connectivity index (χ3v) is 5.38. The zero-order valence-electron chi connectivity index (χ0n) is 10.8. The summed E-state index contributed by atoms with van der Waals surface area (Å²) in [5, 5.41) is 0. The van der Waals surface area contributed by atoms with Crippen molar-refractivity contribution in [3.63, 3.8) is 0 Å². The number of rotatable bonds is 3. The molecule has 1 saturated heterocycles. The van der Waals surface area contributed by atoms with Gasteiger partial charge in [0, 0.05) is 20.1 Å². The van der Waals surface area contributed by atoms with E-state index in [1.165, 1.54) is 0 Å². The summed E-state index contributed by atoms with van der Waals surface area (Å²) in [6, 6.07) is 0. The average Bonchev–Trinajstić information content (AvgIpc) is 3.09. The van der Waals surface area contributed by atoms with Crippen LogP contribution in [0.1, 0.15) is 0 Å². The molecule has 1 aliphatic heterocycles. The molecule has 1 heterocycles. The Kier molecular flexibility index (Phi) is 2.24. The molecule has 102 valence electrons. The van der Waals surface area contributed by atoms with Crippen LogP contribution >= 0.6 is 0 Å². The van der Waals surface area contributed by atoms with E-state index in [0.717, 1.165) is 0 Å². The van der Waals surface area contributed by atoms with Gasteiger partial charge >= 0.3 is 11.9 Å². The maximum Gasteiger partial charge on any atom is 0.318 e. The van der Waals surface area contributed by atoms with Crippen LogP contribution in [0.2, 0.25) is 0 Å². The normalized spacial score (nSPS) is 49.3. The van der Waals surface area contributed by atoms with Gasteiger partial charge in [0.15, 0.2) is 6.29 Å². The number of methoxy groups -OCH3 is 2. The highest BCUT2D eigenvalue weighted by Crippen LogP contribution is 2.69. The average molecular weight is 264 g/mol. The number of hydrogen-bond acceptors (Lipinski definition) is 5. The number of carbonyl (C=O) groups excluding carboxylic acids is 2. The Morgan fingerprint density at radius 3 is 1.89 bits per heavy atom. The summed E-state index contributed by atoms with van der Waals surface area (Å²) in [7, 11) is 3.27. The number of cyclic esters (lactones) is 2. The van der Waals surface area contributed by atoms with Crippen LogP contribution in [-0.4, -0.2) is 32.4 Å². The van der Waals surface area contributed by atoms with E-state index in [1.807, 2.05) is 0 Å². The van der Waals surface area contributed by atoms with E-state index in [2.05, 4.69) is 12.2 Å². The van der Waals surface area contributed by atoms with Crippen molar-refractivity contribution in [2.45, 2.75) is 6.29 Å². The summed E-state index contributed by atoms with van der Waals surface area (Å²) in [5.74, 6) is 0.0415. The van der Waals surface area contributed by atoms with E-state index in [1.54, 1.807) is 14.2 Å². The molecular weight excluding hydrogens is 248 g/mol. The molecule has 5 heteroatoms. The van der Waals surface area contributed by atoms with Crippen molar-refractivity contribution in [2.24, 2.45) is 41.4 Å². The first kappa shape index (κ1) is 11.6. The van der Waals surface area contributed by atoms with E-state index in [4.69, 9.17) is 14.2 Å². The molecule has 5 aliphatic rings. The van der Waals surface area contributed by atoms with Gasteiger partial charge in [-0.1, -0.05) is 12.2 Å². The molecule has 0 radical (unpaired) electrons. The lowest BCUT2D eigenvalue weighted by Gasteiger charge is -2.36. The highest BCUT2D eigenvalue weighted by molar-refractivity contribution is 5.97. The van der Waals surface area contributed by atoms with E-state index >= 15 is 0 Å². The molecule has 0 aromatic rings. The van der Waals surface area contributed by atoms with E-state index in [-0.39, 0.29) is 47.8 Å². The van der Waals surface area contributed by atoms with Crippen LogP contribution in [-0.2, 0) is 23.8 Å². The van der Waals surface area contributed by atoms with Gasteiger partial charge in [-0.05, 0) is 23.7 Å². The van der Waals surface area contributed by atoms with Crippen molar-refractivity contribution < 1.29 is 23.8 Å². The van der Waals surface area contributed by atoms with Gasteiger partial charge in [-0.25, -0.2) is 0 Å². The lowest BCUT2D eigenvalue weighted by Crippen LogP contribution is -2.40. The lowest BCUT2D eigenvalue weighted by molar-refractivity contribution is -0.154. The van der Waals surface area contributed by atoms with Crippen LogP contribution in [0.3, 0.4) is 0 Å². The molecule has 2 saturated carbocycles. The second kappa shape index (κ2) is 3.67. The molecule has 0 unspecified atom stereocenters. The Balaban J connectivity index is 1.68. The van der Waals surface area contributed by atoms with Crippen LogP contribution in [0.5, 0.6) is 0 Å². The maximum atomic E-state index is 11.8. The Hall–Kier alpha value is -1.20. The van der Waals surface area contributed by atoms with Gasteiger partial charge in [-0.2, -0.15) is 0 Å². The fourth-order valence-corrected chi connectivity index (χ4v) is 4.74. The van der Waals surface area contributed by atoms with Gasteiger partial charge < -0.3 is 14.2 Å². The molecular formula is C14H16O5. The summed E-state index contributed by atoms with van der Waals surface area (Å²) >= 11 is 0. The third kappa shape index (κ3) is 1.27. The molecule has 2 bridgehead atoms. The minimum atomic E-state index is -0.343. The number of ether oxygens (including phenoxy) is 3. The van der Waals surface area contributed by atoms with Crippen molar-refractivity contribution in [1.82, 2.24) is 0 Å². The quantitative estimate of drug-likeness (QED) is 0.323. The summed E-state index contributed by atoms with van der Waals surface area (Å²) in [6.07, 6.45) is 3.94. The first-order valence-electron chi connectivity index (χ1n) is 6.68. The molecule has 4 aliphatic carbocycles. The molecule has 0 N–H and O–H groups in total. The summed E-state index contributed by atoms with van der Waals surface area (Å²) < 4.78 is 15.6. The first-order valence-corrected chi connectivity index (χ1v) is 6.68. The monoisotopic (exact) mass is 264 g/mol. The predicted octanol–water partition coefficient (Wildman–Crippen LogP) is 0.599. The number of carbonyl (C=O) groups is 2. The van der Waals surface area contributed by atoms with Crippen LogP contribution in [0.4, 0.5) is 0 Å². The van der Waals surface area contributed by atoms with Crippen molar-refractivity contribution in [1.29, 1.82) is 0 Å². The maximum absolute atomic E-state index is 11.8. The Morgan fingerprint density at radius 2 is 1.47 bits per heavy atom. The van der Waals surface area contributed by atoms with Crippen LogP contribution in [0.15, 0.2) is 12.2 Å². The van der Waals surface area contributed by atoms with E-state index in [0.29, 0.717) is 11.8 Å². The van der Waals surface area contributed by atoms with E-state index in [9.17, 15) is 9.59 Å². The van der Waals surface area contributed by atoms with Crippen molar-refractivity contribution >= 4 is 11.9 Å². The number of hydrogen-bond donors (Lipinski definition) is 0. The highest BCUT2D eigenvalue weighted by atomic mass is 16.7. The summed E-state index contributed by atoms with van der Waals surface area (Å²) in [6.45, 7) is 0. The lowest BCUT2D eigenvalue weighted by atomic mass is 9.63. The zero-order valence-corrected chi connectivity index (χ0v) is 10.8. The van der Waals surface area contributed by atoms with Gasteiger partial charge in [0.25, 0.3) is 0 Å². The molecule has 0 aromatic carbocycles. The van der Waals surface area contributed by atoms with Gasteiger partial charge in [-0.15, -0.1) is 0 Å². The number of esters is 2.